The molecule has 4 heteroatoms. The number of nitrogens with zero attached hydrogens (tertiary/aromatic N) is 1. The van der Waals surface area contributed by atoms with Gasteiger partial charge in [0.05, 0.1) is 6.10 Å². The van der Waals surface area contributed by atoms with Crippen molar-refractivity contribution in [2.24, 2.45) is 0 Å². The van der Waals surface area contributed by atoms with E-state index in [0.29, 0.717) is 12.1 Å². The first-order valence-electron chi connectivity index (χ1n) is 5.26. The molecule has 1 unspecified atom stereocenters. The molecule has 0 heterocycles. The second-order valence-electron chi connectivity index (χ2n) is 3.86. The number of aliphatic hydroxyl groups excluding tert-OH is 1. The lowest BCUT2D eigenvalue weighted by Gasteiger charge is -2.18. The van der Waals surface area contributed by atoms with E-state index in [-0.39, 0.29) is 5.91 Å². The number of anilines is 1. The topological polar surface area (TPSA) is 52.6 Å². The van der Waals surface area contributed by atoms with E-state index in [1.807, 2.05) is 19.2 Å². The Morgan fingerprint density at radius 1 is 1.44 bits per heavy atom. The molecule has 0 fully saturated rings. The zero-order valence-corrected chi connectivity index (χ0v) is 9.90. The Bertz CT molecular complexity index is 347. The van der Waals surface area contributed by atoms with Crippen LogP contribution in [0, 0.1) is 0 Å². The van der Waals surface area contributed by atoms with E-state index in [9.17, 15) is 9.90 Å². The second-order valence-corrected chi connectivity index (χ2v) is 3.86. The van der Waals surface area contributed by atoms with E-state index in [1.165, 1.54) is 4.90 Å². The van der Waals surface area contributed by atoms with Crippen molar-refractivity contribution in [2.75, 3.05) is 26.0 Å². The molecular weight excluding hydrogens is 204 g/mol. The van der Waals surface area contributed by atoms with Crippen molar-refractivity contribution < 1.29 is 9.90 Å². The maximum Gasteiger partial charge on any atom is 0.253 e. The Labute approximate surface area is 95.9 Å². The molecule has 1 aromatic carbocycles. The van der Waals surface area contributed by atoms with Gasteiger partial charge in [-0.25, -0.2) is 0 Å². The Balaban J connectivity index is 2.72. The number of hydrogen-bond donors (Lipinski definition) is 2. The van der Waals surface area contributed by atoms with Crippen LogP contribution in [-0.4, -0.2) is 42.7 Å². The van der Waals surface area contributed by atoms with Crippen molar-refractivity contribution in [3.63, 3.8) is 0 Å². The number of nitrogens with one attached hydrogen (secondary N) is 1. The monoisotopic (exact) mass is 222 g/mol. The minimum absolute atomic E-state index is 0.0800. The first kappa shape index (κ1) is 12.5. The average Bonchev–Trinajstić information content (AvgIpc) is 2.27. The predicted octanol–water partition coefficient (Wildman–Crippen LogP) is 1.18. The number of rotatable bonds is 4. The van der Waals surface area contributed by atoms with Crippen molar-refractivity contribution in [2.45, 2.75) is 13.0 Å². The minimum atomic E-state index is -0.509. The summed E-state index contributed by atoms with van der Waals surface area (Å²) in [5.74, 6) is -0.0800. The van der Waals surface area contributed by atoms with E-state index < -0.39 is 6.10 Å². The Hall–Kier alpha value is -1.55. The molecule has 0 aliphatic heterocycles. The van der Waals surface area contributed by atoms with Crippen LogP contribution in [0.25, 0.3) is 0 Å². The van der Waals surface area contributed by atoms with E-state index in [4.69, 9.17) is 0 Å². The molecule has 0 aromatic heterocycles. The van der Waals surface area contributed by atoms with Crippen molar-refractivity contribution in [3.05, 3.63) is 29.8 Å². The third-order valence-corrected chi connectivity index (χ3v) is 2.31. The van der Waals surface area contributed by atoms with Crippen molar-refractivity contribution >= 4 is 11.6 Å². The van der Waals surface area contributed by atoms with Crippen LogP contribution in [0.3, 0.4) is 0 Å². The summed E-state index contributed by atoms with van der Waals surface area (Å²) in [4.78, 5) is 13.4. The summed E-state index contributed by atoms with van der Waals surface area (Å²) in [7, 11) is 3.51. The highest BCUT2D eigenvalue weighted by Crippen LogP contribution is 2.10. The van der Waals surface area contributed by atoms with E-state index in [2.05, 4.69) is 5.32 Å². The molecule has 2 N–H and O–H groups in total. The highest BCUT2D eigenvalue weighted by Gasteiger charge is 2.12. The predicted molar refractivity (Wildman–Crippen MR) is 64.6 cm³/mol. The van der Waals surface area contributed by atoms with Crippen LogP contribution in [0.1, 0.15) is 17.3 Å². The van der Waals surface area contributed by atoms with Crippen molar-refractivity contribution in [3.8, 4) is 0 Å². The molecular formula is C12H18N2O2. The number of hydrogen-bond acceptors (Lipinski definition) is 3. The lowest BCUT2D eigenvalue weighted by atomic mass is 10.2. The van der Waals surface area contributed by atoms with Gasteiger partial charge in [-0.2, -0.15) is 0 Å². The standard InChI is InChI=1S/C12H18N2O2/c1-9(15)8-14(3)12(16)10-4-6-11(13-2)7-5-10/h4-7,9,13,15H,8H2,1-3H3. The maximum absolute atomic E-state index is 11.9. The van der Waals surface area contributed by atoms with Crippen LogP contribution < -0.4 is 5.32 Å². The maximum atomic E-state index is 11.9. The fourth-order valence-corrected chi connectivity index (χ4v) is 1.48. The Morgan fingerprint density at radius 2 is 2.00 bits per heavy atom. The lowest BCUT2D eigenvalue weighted by molar-refractivity contribution is 0.0704. The third-order valence-electron chi connectivity index (χ3n) is 2.31. The molecule has 0 bridgehead atoms. The average molecular weight is 222 g/mol. The van der Waals surface area contributed by atoms with Gasteiger partial charge in [-0.05, 0) is 31.2 Å². The van der Waals surface area contributed by atoms with Gasteiger partial charge in [0.15, 0.2) is 0 Å². The summed E-state index contributed by atoms with van der Waals surface area (Å²) in [6.45, 7) is 2.00. The van der Waals surface area contributed by atoms with Gasteiger partial charge in [-0.1, -0.05) is 0 Å². The van der Waals surface area contributed by atoms with Crippen LogP contribution in [0.2, 0.25) is 0 Å². The summed E-state index contributed by atoms with van der Waals surface area (Å²) in [5, 5.41) is 12.2. The molecule has 1 aromatic rings. The molecule has 16 heavy (non-hydrogen) atoms. The molecule has 1 rings (SSSR count). The fraction of sp³-hybridized carbons (Fsp3) is 0.417. The summed E-state index contributed by atoms with van der Waals surface area (Å²) < 4.78 is 0. The van der Waals surface area contributed by atoms with Crippen LogP contribution >= 0.6 is 0 Å². The number of benzene rings is 1. The van der Waals surface area contributed by atoms with Gasteiger partial charge in [-0.15, -0.1) is 0 Å². The highest BCUT2D eigenvalue weighted by molar-refractivity contribution is 5.94. The third kappa shape index (κ3) is 3.24. The summed E-state index contributed by atoms with van der Waals surface area (Å²) in [6.07, 6.45) is -0.509. The summed E-state index contributed by atoms with van der Waals surface area (Å²) in [6, 6.07) is 7.24. The number of likely N-dealkylation sites (N-methyl/N-ethyl adjacent to an activating group) is 1. The Kier molecular flexibility index (Phi) is 4.31. The zero-order valence-electron chi connectivity index (χ0n) is 9.90. The number of carbonyl (C=O) groups is 1. The van der Waals surface area contributed by atoms with E-state index in [1.54, 1.807) is 26.1 Å². The van der Waals surface area contributed by atoms with Gasteiger partial charge in [0, 0.05) is 31.9 Å². The fourth-order valence-electron chi connectivity index (χ4n) is 1.48. The van der Waals surface area contributed by atoms with Crippen LogP contribution in [-0.2, 0) is 0 Å². The normalized spacial score (nSPS) is 12.0. The molecule has 0 spiro atoms. The largest absolute Gasteiger partial charge is 0.392 e. The first-order valence-corrected chi connectivity index (χ1v) is 5.26. The van der Waals surface area contributed by atoms with Gasteiger partial charge in [0.25, 0.3) is 5.91 Å². The van der Waals surface area contributed by atoms with Gasteiger partial charge in [0.1, 0.15) is 0 Å². The first-order chi connectivity index (χ1) is 7.54. The van der Waals surface area contributed by atoms with Gasteiger partial charge in [-0.3, -0.25) is 4.79 Å². The van der Waals surface area contributed by atoms with E-state index in [0.717, 1.165) is 5.69 Å². The van der Waals surface area contributed by atoms with E-state index >= 15 is 0 Å². The smallest absolute Gasteiger partial charge is 0.253 e. The van der Waals surface area contributed by atoms with Crippen LogP contribution in [0.4, 0.5) is 5.69 Å². The lowest BCUT2D eigenvalue weighted by Crippen LogP contribution is -2.32. The zero-order chi connectivity index (χ0) is 12.1. The molecule has 88 valence electrons. The Morgan fingerprint density at radius 3 is 2.44 bits per heavy atom. The number of carbonyl (C=O) groups excluding carboxylic acids is 1. The van der Waals surface area contributed by atoms with Gasteiger partial charge >= 0.3 is 0 Å². The molecule has 0 saturated heterocycles. The molecule has 4 nitrogen and oxygen atoms in total. The van der Waals surface area contributed by atoms with Gasteiger partial charge in [0.2, 0.25) is 0 Å². The molecule has 0 aliphatic carbocycles. The molecule has 1 amide bonds. The highest BCUT2D eigenvalue weighted by atomic mass is 16.3. The quantitative estimate of drug-likeness (QED) is 0.804. The van der Waals surface area contributed by atoms with Gasteiger partial charge < -0.3 is 15.3 Å². The summed E-state index contributed by atoms with van der Waals surface area (Å²) >= 11 is 0. The second kappa shape index (κ2) is 5.51. The van der Waals surface area contributed by atoms with Crippen molar-refractivity contribution in [1.82, 2.24) is 4.90 Å². The van der Waals surface area contributed by atoms with Crippen LogP contribution in [0.15, 0.2) is 24.3 Å². The molecule has 0 aliphatic rings. The number of aliphatic hydroxyl groups is 1. The summed E-state index contributed by atoms with van der Waals surface area (Å²) in [5.41, 5.74) is 1.59. The SMILES string of the molecule is CNc1ccc(C(=O)N(C)CC(C)O)cc1. The van der Waals surface area contributed by atoms with Crippen LogP contribution in [0.5, 0.6) is 0 Å². The molecule has 0 saturated carbocycles. The number of amides is 1. The molecule has 0 radical (unpaired) electrons. The minimum Gasteiger partial charge on any atom is -0.392 e. The van der Waals surface area contributed by atoms with Crippen molar-refractivity contribution in [1.29, 1.82) is 0 Å². The molecule has 1 atom stereocenters.